The lowest BCUT2D eigenvalue weighted by molar-refractivity contribution is -0.117. The monoisotopic (exact) mass is 368 g/mol. The Kier molecular flexibility index (Phi) is 6.42. The van der Waals surface area contributed by atoms with Crippen LogP contribution < -0.4 is 10.2 Å². The van der Waals surface area contributed by atoms with Gasteiger partial charge in [-0.25, -0.2) is 4.98 Å². The van der Waals surface area contributed by atoms with Crippen LogP contribution in [-0.4, -0.2) is 54.7 Å². The summed E-state index contributed by atoms with van der Waals surface area (Å²) in [6.45, 7) is 6.86. The summed E-state index contributed by atoms with van der Waals surface area (Å²) in [7, 11) is 1.94. The Bertz CT molecular complexity index is 726. The number of benzene rings is 1. The van der Waals surface area contributed by atoms with Crippen molar-refractivity contribution < 1.29 is 9.53 Å². The molecule has 2 aromatic rings. The number of likely N-dealkylation sites (N-methyl/N-ethyl adjacent to an activating group) is 1. The first-order valence-corrected chi connectivity index (χ1v) is 9.38. The van der Waals surface area contributed by atoms with E-state index in [1.54, 1.807) is 6.20 Å². The number of carbonyl (C=O) groups is 1. The predicted octanol–water partition coefficient (Wildman–Crippen LogP) is 2.77. The number of anilines is 2. The van der Waals surface area contributed by atoms with Crippen LogP contribution in [0.4, 0.5) is 11.5 Å². The van der Waals surface area contributed by atoms with Crippen LogP contribution in [0.3, 0.4) is 0 Å². The van der Waals surface area contributed by atoms with Gasteiger partial charge in [-0.2, -0.15) is 0 Å². The molecule has 1 aromatic carbocycles. The van der Waals surface area contributed by atoms with Crippen molar-refractivity contribution in [1.29, 1.82) is 0 Å². The normalized spacial score (nSPS) is 19.9. The fraction of sp³-hybridized carbons (Fsp3) is 0.429. The van der Waals surface area contributed by atoms with E-state index in [-0.39, 0.29) is 18.1 Å². The van der Waals surface area contributed by atoms with E-state index in [0.29, 0.717) is 12.2 Å². The molecule has 27 heavy (non-hydrogen) atoms. The van der Waals surface area contributed by atoms with E-state index in [2.05, 4.69) is 41.2 Å². The van der Waals surface area contributed by atoms with Crippen LogP contribution in [0.5, 0.6) is 0 Å². The minimum atomic E-state index is -0.0448. The molecule has 1 N–H and O–H groups in total. The van der Waals surface area contributed by atoms with E-state index in [9.17, 15) is 4.79 Å². The van der Waals surface area contributed by atoms with Crippen molar-refractivity contribution in [2.75, 3.05) is 36.9 Å². The van der Waals surface area contributed by atoms with Gasteiger partial charge in [0.1, 0.15) is 5.82 Å². The Morgan fingerprint density at radius 3 is 2.52 bits per heavy atom. The average molecular weight is 368 g/mol. The van der Waals surface area contributed by atoms with Gasteiger partial charge < -0.3 is 15.0 Å². The zero-order valence-corrected chi connectivity index (χ0v) is 16.3. The summed E-state index contributed by atoms with van der Waals surface area (Å²) in [6, 6.07) is 14.0. The molecule has 2 unspecified atom stereocenters. The minimum absolute atomic E-state index is 0.0448. The zero-order chi connectivity index (χ0) is 19.2. The van der Waals surface area contributed by atoms with E-state index in [1.165, 1.54) is 5.56 Å². The quantitative estimate of drug-likeness (QED) is 0.850. The Morgan fingerprint density at radius 1 is 1.19 bits per heavy atom. The molecule has 1 fully saturated rings. The zero-order valence-electron chi connectivity index (χ0n) is 16.3. The van der Waals surface area contributed by atoms with Gasteiger partial charge in [0.2, 0.25) is 5.91 Å². The molecule has 1 aliphatic rings. The van der Waals surface area contributed by atoms with E-state index >= 15 is 0 Å². The van der Waals surface area contributed by atoms with Gasteiger partial charge in [-0.05, 0) is 38.6 Å². The molecule has 2 atom stereocenters. The summed E-state index contributed by atoms with van der Waals surface area (Å²) in [6.07, 6.45) is 2.10. The number of amides is 1. The molecule has 0 saturated carbocycles. The van der Waals surface area contributed by atoms with Gasteiger partial charge in [-0.3, -0.25) is 9.69 Å². The lowest BCUT2D eigenvalue weighted by atomic mass is 10.2. The van der Waals surface area contributed by atoms with Gasteiger partial charge in [0.15, 0.2) is 0 Å². The third-order valence-corrected chi connectivity index (χ3v) is 4.48. The number of hydrogen-bond acceptors (Lipinski definition) is 5. The Balaban J connectivity index is 1.51. The van der Waals surface area contributed by atoms with Crippen LogP contribution in [0, 0.1) is 0 Å². The van der Waals surface area contributed by atoms with Gasteiger partial charge in [0.25, 0.3) is 0 Å². The highest BCUT2D eigenvalue weighted by atomic mass is 16.5. The standard InChI is InChI=1S/C21H28N4O2/c1-16-12-25(13-17(2)27-16)20-10-9-19(11-22-20)23-21(26)15-24(3)14-18-7-5-4-6-8-18/h4-11,16-17H,12-15H2,1-3H3,(H,23,26). The average Bonchev–Trinajstić information content (AvgIpc) is 2.62. The SMILES string of the molecule is CC1CN(c2ccc(NC(=O)CN(C)Cc3ccccc3)cn2)CC(C)O1. The van der Waals surface area contributed by atoms with E-state index < -0.39 is 0 Å². The van der Waals surface area contributed by atoms with Crippen molar-refractivity contribution in [3.05, 3.63) is 54.2 Å². The molecule has 1 amide bonds. The fourth-order valence-electron chi connectivity index (χ4n) is 3.41. The molecule has 0 bridgehead atoms. The highest BCUT2D eigenvalue weighted by Gasteiger charge is 2.23. The van der Waals surface area contributed by atoms with Crippen molar-refractivity contribution in [3.8, 4) is 0 Å². The largest absolute Gasteiger partial charge is 0.372 e. The van der Waals surface area contributed by atoms with Gasteiger partial charge >= 0.3 is 0 Å². The van der Waals surface area contributed by atoms with Crippen molar-refractivity contribution in [1.82, 2.24) is 9.88 Å². The first kappa shape index (κ1) is 19.3. The first-order chi connectivity index (χ1) is 13.0. The summed E-state index contributed by atoms with van der Waals surface area (Å²) in [5.74, 6) is 0.868. The molecule has 3 rings (SSSR count). The highest BCUT2D eigenvalue weighted by molar-refractivity contribution is 5.92. The highest BCUT2D eigenvalue weighted by Crippen LogP contribution is 2.19. The summed E-state index contributed by atoms with van der Waals surface area (Å²) >= 11 is 0. The van der Waals surface area contributed by atoms with Crippen molar-refractivity contribution in [3.63, 3.8) is 0 Å². The summed E-state index contributed by atoms with van der Waals surface area (Å²) < 4.78 is 5.76. The van der Waals surface area contributed by atoms with Crippen molar-refractivity contribution in [2.24, 2.45) is 0 Å². The maximum Gasteiger partial charge on any atom is 0.238 e. The molecule has 6 nitrogen and oxygen atoms in total. The first-order valence-electron chi connectivity index (χ1n) is 9.38. The van der Waals surface area contributed by atoms with Crippen LogP contribution in [0.15, 0.2) is 48.7 Å². The number of nitrogens with zero attached hydrogens (tertiary/aromatic N) is 3. The number of ether oxygens (including phenoxy) is 1. The molecular formula is C21H28N4O2. The molecule has 6 heteroatoms. The second-order valence-electron chi connectivity index (χ2n) is 7.27. The smallest absolute Gasteiger partial charge is 0.238 e. The molecule has 0 aliphatic carbocycles. The van der Waals surface area contributed by atoms with Crippen LogP contribution >= 0.6 is 0 Å². The summed E-state index contributed by atoms with van der Waals surface area (Å²) in [5, 5.41) is 2.92. The second kappa shape index (κ2) is 8.97. The number of nitrogens with one attached hydrogen (secondary N) is 1. The predicted molar refractivity (Wildman–Crippen MR) is 108 cm³/mol. The van der Waals surface area contributed by atoms with E-state index in [1.807, 2.05) is 42.3 Å². The maximum absolute atomic E-state index is 12.3. The van der Waals surface area contributed by atoms with Crippen LogP contribution in [0.1, 0.15) is 19.4 Å². The maximum atomic E-state index is 12.3. The summed E-state index contributed by atoms with van der Waals surface area (Å²) in [5.41, 5.74) is 1.90. The van der Waals surface area contributed by atoms with E-state index in [0.717, 1.165) is 25.5 Å². The number of morpholine rings is 1. The van der Waals surface area contributed by atoms with Gasteiger partial charge in [0.05, 0.1) is 30.6 Å². The third-order valence-electron chi connectivity index (χ3n) is 4.48. The number of pyridine rings is 1. The van der Waals surface area contributed by atoms with Gasteiger partial charge in [-0.15, -0.1) is 0 Å². The summed E-state index contributed by atoms with van der Waals surface area (Å²) in [4.78, 5) is 21.0. The molecule has 0 radical (unpaired) electrons. The number of carbonyl (C=O) groups excluding carboxylic acids is 1. The number of rotatable bonds is 6. The van der Waals surface area contributed by atoms with Crippen LogP contribution in [0.25, 0.3) is 0 Å². The molecule has 1 saturated heterocycles. The molecule has 1 aromatic heterocycles. The van der Waals surface area contributed by atoms with Crippen molar-refractivity contribution >= 4 is 17.4 Å². The Hall–Kier alpha value is -2.44. The Labute approximate surface area is 161 Å². The third kappa shape index (κ3) is 5.77. The molecule has 0 spiro atoms. The lowest BCUT2D eigenvalue weighted by Crippen LogP contribution is -2.45. The van der Waals surface area contributed by atoms with Crippen molar-refractivity contribution in [2.45, 2.75) is 32.6 Å². The number of aromatic nitrogens is 1. The van der Waals surface area contributed by atoms with E-state index in [4.69, 9.17) is 4.74 Å². The lowest BCUT2D eigenvalue weighted by Gasteiger charge is -2.36. The second-order valence-corrected chi connectivity index (χ2v) is 7.27. The fourth-order valence-corrected chi connectivity index (χ4v) is 3.41. The van der Waals surface area contributed by atoms with Gasteiger partial charge in [0, 0.05) is 19.6 Å². The molecule has 144 valence electrons. The molecule has 2 heterocycles. The van der Waals surface area contributed by atoms with Gasteiger partial charge in [-0.1, -0.05) is 30.3 Å². The Morgan fingerprint density at radius 2 is 1.89 bits per heavy atom. The minimum Gasteiger partial charge on any atom is -0.372 e. The number of hydrogen-bond donors (Lipinski definition) is 1. The van der Waals surface area contributed by atoms with Crippen LogP contribution in [0.2, 0.25) is 0 Å². The van der Waals surface area contributed by atoms with Crippen LogP contribution in [-0.2, 0) is 16.1 Å². The molecule has 1 aliphatic heterocycles. The topological polar surface area (TPSA) is 57.7 Å². The molecular weight excluding hydrogens is 340 g/mol.